The molecule has 0 fully saturated rings. The van der Waals surface area contributed by atoms with Crippen LogP contribution in [0.3, 0.4) is 0 Å². The van der Waals surface area contributed by atoms with E-state index in [1.54, 1.807) is 0 Å². The van der Waals surface area contributed by atoms with Crippen LogP contribution in [0.4, 0.5) is 14.5 Å². The van der Waals surface area contributed by atoms with Crippen molar-refractivity contribution in [3.05, 3.63) is 53.2 Å². The molecule has 0 aliphatic carbocycles. The molecule has 1 N–H and O–H groups in total. The topological polar surface area (TPSA) is 51.0 Å². The molecule has 0 aliphatic heterocycles. The Bertz CT molecular complexity index is 692. The minimum Gasteiger partial charge on any atom is -0.376 e. The van der Waals surface area contributed by atoms with Crippen LogP contribution in [-0.4, -0.2) is 10.1 Å². The van der Waals surface area contributed by atoms with Crippen molar-refractivity contribution < 1.29 is 13.3 Å². The Morgan fingerprint density at radius 2 is 2.00 bits per heavy atom. The van der Waals surface area contributed by atoms with Crippen LogP contribution in [0.2, 0.25) is 0 Å². The Morgan fingerprint density at radius 1 is 1.20 bits per heavy atom. The minimum atomic E-state index is -0.641. The number of nitrogens with zero attached hydrogens (tertiary/aromatic N) is 2. The molecule has 3 rings (SSSR count). The molecule has 20 heavy (non-hydrogen) atoms. The number of anilines is 1. The number of rotatable bonds is 4. The quantitative estimate of drug-likeness (QED) is 0.797. The first kappa shape index (κ1) is 12.7. The van der Waals surface area contributed by atoms with E-state index in [0.717, 1.165) is 10.9 Å². The Kier molecular flexibility index (Phi) is 3.42. The van der Waals surface area contributed by atoms with E-state index in [9.17, 15) is 8.78 Å². The molecule has 0 radical (unpaired) electrons. The van der Waals surface area contributed by atoms with Crippen LogP contribution in [0.5, 0.6) is 0 Å². The highest BCUT2D eigenvalue weighted by Gasteiger charge is 2.09. The lowest BCUT2D eigenvalue weighted by Crippen LogP contribution is -2.00. The molecule has 0 spiro atoms. The summed E-state index contributed by atoms with van der Waals surface area (Å²) in [5, 5.41) is 8.59. The summed E-state index contributed by atoms with van der Waals surface area (Å²) in [6.07, 6.45) is 0. The maximum atomic E-state index is 13.0. The maximum Gasteiger partial charge on any atom is 0.246 e. The molecular formula is C13H9F2N3OS. The summed E-state index contributed by atoms with van der Waals surface area (Å²) >= 11 is 1.50. The van der Waals surface area contributed by atoms with Gasteiger partial charge in [-0.15, -0.1) is 11.3 Å². The SMILES string of the molecule is Fc1cc(F)cc(NCc2nc(-c3cccs3)no2)c1. The predicted molar refractivity (Wildman–Crippen MR) is 71.3 cm³/mol. The van der Waals surface area contributed by atoms with E-state index in [-0.39, 0.29) is 6.54 Å². The van der Waals surface area contributed by atoms with Crippen molar-refractivity contribution in [1.82, 2.24) is 10.1 Å². The molecule has 0 saturated carbocycles. The van der Waals surface area contributed by atoms with Gasteiger partial charge >= 0.3 is 0 Å². The highest BCUT2D eigenvalue weighted by atomic mass is 32.1. The number of halogens is 2. The molecule has 3 aromatic rings. The van der Waals surface area contributed by atoms with Crippen LogP contribution in [0, 0.1) is 11.6 Å². The molecule has 0 atom stereocenters. The molecule has 0 bridgehead atoms. The molecule has 7 heteroatoms. The number of thiophene rings is 1. The number of aromatic nitrogens is 2. The van der Waals surface area contributed by atoms with Crippen molar-refractivity contribution in [3.8, 4) is 10.7 Å². The Morgan fingerprint density at radius 3 is 2.70 bits per heavy atom. The Hall–Kier alpha value is -2.28. The van der Waals surface area contributed by atoms with Gasteiger partial charge in [0.15, 0.2) is 0 Å². The van der Waals surface area contributed by atoms with Crippen LogP contribution in [0.1, 0.15) is 5.89 Å². The predicted octanol–water partition coefficient (Wildman–Crippen LogP) is 3.69. The molecule has 2 aromatic heterocycles. The van der Waals surface area contributed by atoms with Crippen molar-refractivity contribution in [2.75, 3.05) is 5.32 Å². The summed E-state index contributed by atoms with van der Waals surface area (Å²) in [4.78, 5) is 5.10. The molecule has 4 nitrogen and oxygen atoms in total. The normalized spacial score (nSPS) is 10.7. The third-order valence-corrected chi connectivity index (χ3v) is 3.38. The smallest absolute Gasteiger partial charge is 0.246 e. The minimum absolute atomic E-state index is 0.196. The summed E-state index contributed by atoms with van der Waals surface area (Å²) in [7, 11) is 0. The van der Waals surface area contributed by atoms with Crippen LogP contribution < -0.4 is 5.32 Å². The van der Waals surface area contributed by atoms with Crippen LogP contribution in [0.15, 0.2) is 40.2 Å². The third-order valence-electron chi connectivity index (χ3n) is 2.52. The van der Waals surface area contributed by atoms with E-state index in [0.29, 0.717) is 17.4 Å². The Labute approximate surface area is 117 Å². The molecule has 2 heterocycles. The molecular weight excluding hydrogens is 284 g/mol. The van der Waals surface area contributed by atoms with E-state index < -0.39 is 11.6 Å². The number of hydrogen-bond acceptors (Lipinski definition) is 5. The van der Waals surface area contributed by atoms with Gasteiger partial charge in [-0.05, 0) is 23.6 Å². The van der Waals surface area contributed by atoms with Crippen LogP contribution in [-0.2, 0) is 6.54 Å². The van der Waals surface area contributed by atoms with Gasteiger partial charge in [0.2, 0.25) is 11.7 Å². The molecule has 0 aliphatic rings. The van der Waals surface area contributed by atoms with E-state index in [4.69, 9.17) is 4.52 Å². The number of benzene rings is 1. The average molecular weight is 293 g/mol. The number of nitrogens with one attached hydrogen (secondary N) is 1. The first-order valence-electron chi connectivity index (χ1n) is 5.77. The largest absolute Gasteiger partial charge is 0.376 e. The molecule has 0 amide bonds. The lowest BCUT2D eigenvalue weighted by molar-refractivity contribution is 0.384. The van der Waals surface area contributed by atoms with Gasteiger partial charge in [-0.25, -0.2) is 8.78 Å². The first-order valence-corrected chi connectivity index (χ1v) is 6.65. The zero-order valence-electron chi connectivity index (χ0n) is 10.1. The maximum absolute atomic E-state index is 13.0. The zero-order chi connectivity index (χ0) is 13.9. The van der Waals surface area contributed by atoms with E-state index in [1.165, 1.54) is 23.5 Å². The second-order valence-corrected chi connectivity index (χ2v) is 4.95. The second kappa shape index (κ2) is 5.38. The molecule has 0 saturated heterocycles. The zero-order valence-corrected chi connectivity index (χ0v) is 11.0. The van der Waals surface area contributed by atoms with Gasteiger partial charge in [-0.1, -0.05) is 11.2 Å². The fourth-order valence-corrected chi connectivity index (χ4v) is 2.32. The molecule has 102 valence electrons. The van der Waals surface area contributed by atoms with Gasteiger partial charge in [0.25, 0.3) is 0 Å². The summed E-state index contributed by atoms with van der Waals surface area (Å²) in [5.74, 6) is -0.435. The van der Waals surface area contributed by atoms with Crippen LogP contribution in [0.25, 0.3) is 10.7 Å². The molecule has 0 unspecified atom stereocenters. The van der Waals surface area contributed by atoms with E-state index >= 15 is 0 Å². The average Bonchev–Trinajstić information content (AvgIpc) is 3.06. The summed E-state index contributed by atoms with van der Waals surface area (Å²) in [6.45, 7) is 0.196. The fourth-order valence-electron chi connectivity index (χ4n) is 1.67. The van der Waals surface area contributed by atoms with Crippen molar-refractivity contribution in [2.24, 2.45) is 0 Å². The van der Waals surface area contributed by atoms with Crippen molar-refractivity contribution in [3.63, 3.8) is 0 Å². The first-order chi connectivity index (χ1) is 9.70. The summed E-state index contributed by atoms with van der Waals surface area (Å²) in [5.41, 5.74) is 0.318. The van der Waals surface area contributed by atoms with Gasteiger partial charge in [0.05, 0.1) is 11.4 Å². The van der Waals surface area contributed by atoms with Crippen LogP contribution >= 0.6 is 11.3 Å². The van der Waals surface area contributed by atoms with E-state index in [2.05, 4.69) is 15.5 Å². The highest BCUT2D eigenvalue weighted by Crippen LogP contribution is 2.21. The Balaban J connectivity index is 1.69. The standard InChI is InChI=1S/C13H9F2N3OS/c14-8-4-9(15)6-10(5-8)16-7-12-17-13(18-19-12)11-2-1-3-20-11/h1-6,16H,7H2. The summed E-state index contributed by atoms with van der Waals surface area (Å²) in [6, 6.07) is 6.98. The lowest BCUT2D eigenvalue weighted by atomic mass is 10.3. The fraction of sp³-hybridized carbons (Fsp3) is 0.0769. The van der Waals surface area contributed by atoms with Gasteiger partial charge in [0, 0.05) is 11.8 Å². The monoisotopic (exact) mass is 293 g/mol. The third kappa shape index (κ3) is 2.83. The second-order valence-electron chi connectivity index (χ2n) is 4.00. The van der Waals surface area contributed by atoms with Gasteiger partial charge in [0.1, 0.15) is 11.6 Å². The van der Waals surface area contributed by atoms with Crippen molar-refractivity contribution in [1.29, 1.82) is 0 Å². The van der Waals surface area contributed by atoms with Crippen molar-refractivity contribution >= 4 is 17.0 Å². The van der Waals surface area contributed by atoms with Crippen molar-refractivity contribution in [2.45, 2.75) is 6.54 Å². The number of hydrogen-bond donors (Lipinski definition) is 1. The van der Waals surface area contributed by atoms with Gasteiger partial charge in [-0.3, -0.25) is 0 Å². The molecule has 1 aromatic carbocycles. The van der Waals surface area contributed by atoms with E-state index in [1.807, 2.05) is 17.5 Å². The lowest BCUT2D eigenvalue weighted by Gasteiger charge is -2.03. The van der Waals surface area contributed by atoms with Gasteiger partial charge in [-0.2, -0.15) is 4.98 Å². The van der Waals surface area contributed by atoms with Gasteiger partial charge < -0.3 is 9.84 Å². The highest BCUT2D eigenvalue weighted by molar-refractivity contribution is 7.13. The summed E-state index contributed by atoms with van der Waals surface area (Å²) < 4.78 is 31.1.